The number of carbonyl (C=O) groups excluding carboxylic acids is 2. The monoisotopic (exact) mass is 2470 g/mol. The van der Waals surface area contributed by atoms with Gasteiger partial charge in [0.05, 0.1) is 22.6 Å². The second-order valence-corrected chi connectivity index (χ2v) is 33.8. The van der Waals surface area contributed by atoms with Crippen LogP contribution in [0.3, 0.4) is 0 Å². The Hall–Kier alpha value is -11.8. The fourth-order valence-electron chi connectivity index (χ4n) is 14.3. The van der Waals surface area contributed by atoms with Crippen LogP contribution in [0.1, 0.15) is 129 Å². The zero-order valence-electron chi connectivity index (χ0n) is 78.9. The number of benzene rings is 10. The van der Waals surface area contributed by atoms with Crippen LogP contribution in [-0.4, -0.2) is 51.7 Å². The van der Waals surface area contributed by atoms with E-state index in [0.29, 0.717) is 30.6 Å². The van der Waals surface area contributed by atoms with Gasteiger partial charge in [0.2, 0.25) is 0 Å². The summed E-state index contributed by atoms with van der Waals surface area (Å²) in [5.41, 5.74) is 33.5. The predicted octanol–water partition coefficient (Wildman–Crippen LogP) is 30.1. The van der Waals surface area contributed by atoms with Crippen LogP contribution >= 0.6 is 0 Å². The predicted molar refractivity (Wildman–Crippen MR) is 534 cm³/mol. The maximum atomic E-state index is 11.2. The van der Waals surface area contributed by atoms with Gasteiger partial charge < -0.3 is 39.6 Å². The largest absolute Gasteiger partial charge is 0.512 e. The third-order valence-corrected chi connectivity index (χ3v) is 20.0. The minimum atomic E-state index is -0.125. The molecule has 0 amide bonds. The van der Waals surface area contributed by atoms with Gasteiger partial charge in [-0.25, -0.2) is 0 Å². The average molecular weight is 2470 g/mol. The fraction of sp³-hybridized carbons (Fsp3) is 0.203. The molecule has 10 aromatic carbocycles. The minimum Gasteiger partial charge on any atom is -0.512 e. The number of carbonyl (C=O) groups is 2. The molecule has 0 spiro atoms. The molecule has 0 aliphatic carbocycles. The van der Waals surface area contributed by atoms with Crippen molar-refractivity contribution in [3.63, 3.8) is 0 Å². The molecule has 15 heteroatoms. The summed E-state index contributed by atoms with van der Waals surface area (Å²) < 4.78 is 5.79. The first-order chi connectivity index (χ1) is 61.9. The maximum Gasteiger partial charge on any atom is 0.159 e. The van der Waals surface area contributed by atoms with Gasteiger partial charge in [-0.1, -0.05) is 218 Å². The summed E-state index contributed by atoms with van der Waals surface area (Å²) in [5.74, 6) is 1.54. The molecule has 0 saturated heterocycles. The van der Waals surface area contributed by atoms with Crippen LogP contribution in [0.2, 0.25) is 0 Å². The number of nitrogens with zero attached hydrogens (tertiary/aromatic N) is 6. The number of fused-ring (bicyclic) bond motifs is 4. The molecule has 690 valence electrons. The fourth-order valence-corrected chi connectivity index (χ4v) is 14.3. The molecule has 7 aromatic heterocycles. The summed E-state index contributed by atoms with van der Waals surface area (Å²) in [7, 11) is 0. The zero-order valence-corrected chi connectivity index (χ0v) is 88.5. The van der Waals surface area contributed by atoms with E-state index in [1.165, 1.54) is 104 Å². The number of rotatable bonds is 16. The summed E-state index contributed by atoms with van der Waals surface area (Å²) in [6.07, 6.45) is 14.0. The van der Waals surface area contributed by atoms with Crippen LogP contribution in [0.5, 0.6) is 0 Å². The van der Waals surface area contributed by atoms with E-state index in [4.69, 9.17) is 14.5 Å². The molecule has 0 aliphatic rings. The first-order valence-electron chi connectivity index (χ1n) is 43.8. The molecule has 0 unspecified atom stereocenters. The Morgan fingerprint density at radius 3 is 1.32 bits per heavy atom. The van der Waals surface area contributed by atoms with E-state index in [9.17, 15) is 14.7 Å². The van der Waals surface area contributed by atoms with Gasteiger partial charge in [-0.2, -0.15) is 0 Å². The number of hydrogen-bond acceptors (Lipinski definition) is 11. The van der Waals surface area contributed by atoms with E-state index in [2.05, 4.69) is 264 Å². The summed E-state index contributed by atoms with van der Waals surface area (Å²) >= 11 is 0. The van der Waals surface area contributed by atoms with Crippen LogP contribution in [0.15, 0.2) is 326 Å². The number of allylic oxidation sites excluding steroid dienone is 4. The van der Waals surface area contributed by atoms with Gasteiger partial charge in [-0.15, -0.1) is 201 Å². The van der Waals surface area contributed by atoms with Crippen molar-refractivity contribution >= 4 is 44.4 Å². The maximum absolute atomic E-state index is 11.2. The molecule has 0 saturated carbocycles. The van der Waals surface area contributed by atoms with Gasteiger partial charge in [-0.05, 0) is 189 Å². The molecule has 133 heavy (non-hydrogen) atoms. The van der Waals surface area contributed by atoms with Crippen LogP contribution < -0.4 is 0 Å². The van der Waals surface area contributed by atoms with Crippen LogP contribution in [0.25, 0.3) is 123 Å². The number of aryl methyl sites for hydroxylation is 10. The molecule has 17 aromatic rings. The quantitative estimate of drug-likeness (QED) is 0.0537. The Labute approximate surface area is 842 Å². The summed E-state index contributed by atoms with van der Waals surface area (Å²) in [4.78, 5) is 48.1. The Morgan fingerprint density at radius 1 is 0.353 bits per heavy atom. The topological polar surface area (TPSA) is 165 Å². The number of aliphatic hydroxyl groups excluding tert-OH is 2. The van der Waals surface area contributed by atoms with Crippen molar-refractivity contribution in [2.24, 2.45) is 17.8 Å². The summed E-state index contributed by atoms with van der Waals surface area (Å²) in [5, 5.41) is 21.2. The van der Waals surface area contributed by atoms with Crippen molar-refractivity contribution in [2.75, 3.05) is 0 Å². The van der Waals surface area contributed by atoms with Crippen LogP contribution in [0.4, 0.5) is 0 Å². The molecular formula is C118H116Ir4N6O5-6. The molecule has 17 rings (SSSR count). The SMILES string of the molecule is CC(=O)C=C(C)O.CC(C)CC(=O)C=C(O)CC(C)C.Cc1[c-]c(-c2cc(-c3cc(C)cc(C)c3)ccn2)cc(C)c1.Cc1[c-]c(-c2cc(CC(C)C)c3cc(C)ccc3n2)cc(C)c1.Cc1ccc(-c2[c-]cccc2)nc1.Cc1ccc(-c2[c-]cccc2)nc1.Cc1ccc(-c2ccnc(-c3[c-]cccc3)c2)cc1.[Ir].[Ir].[Ir].[Ir].[c-]1cc2oc3ccccc3c2cc1-c1ccccn1. The van der Waals surface area contributed by atoms with E-state index < -0.39 is 0 Å². The van der Waals surface area contributed by atoms with Gasteiger partial charge in [0.1, 0.15) is 5.58 Å². The average Bonchev–Trinajstić information content (AvgIpc) is 1.67. The number of furan rings is 1. The molecule has 11 nitrogen and oxygen atoms in total. The molecule has 7 heterocycles. The molecule has 4 radical (unpaired) electrons. The third kappa shape index (κ3) is 36.2. The smallest absolute Gasteiger partial charge is 0.159 e. The van der Waals surface area contributed by atoms with E-state index in [-0.39, 0.29) is 104 Å². The second kappa shape index (κ2) is 55.6. The number of aromatic nitrogens is 6. The normalized spacial score (nSPS) is 10.6. The van der Waals surface area contributed by atoms with Gasteiger partial charge >= 0.3 is 0 Å². The van der Waals surface area contributed by atoms with Crippen molar-refractivity contribution < 1.29 is 105 Å². The molecule has 0 fully saturated rings. The first-order valence-corrected chi connectivity index (χ1v) is 43.8. The van der Waals surface area contributed by atoms with E-state index >= 15 is 0 Å². The second-order valence-electron chi connectivity index (χ2n) is 33.8. The van der Waals surface area contributed by atoms with Gasteiger partial charge in [0, 0.05) is 147 Å². The van der Waals surface area contributed by atoms with Crippen molar-refractivity contribution in [1.29, 1.82) is 0 Å². The van der Waals surface area contributed by atoms with Crippen LogP contribution in [0, 0.1) is 123 Å². The Balaban J connectivity index is 0.000000237. The standard InChI is InChI=1S/C22H24N.C21H20N.C18H14N.C17H10NO.2C12H10N.C11H20O2.C5H8O2.4Ir/c1-14(2)8-18-13-22(19-10-16(4)9-17(5)11-19)23-21-7-6-15(3)12-20(18)21;1-14-7-15(2)10-19(9-14)18-5-6-22-21(13-18)20-11-16(3)8-17(4)12-20;1-14-7-9-15(10-8-14)17-11-12-19-18(13-17)16-5-3-2-4-6-16;1-2-7-16-13(5-1)14-11-12(8-9-17(14)19-16)15-6-3-4-10-18-15;2*1-10-7-8-12(13-9-10)11-5-3-2-4-6-11;1-8(2)5-10(12)7-11(13)6-9(3)4;1-4(6)3-5(2)7;;;;/h6-7,9-10,12-14H,8H2,1-5H3;5-11,13H,1-4H3;2-5,7-13H,1H3;1-7,9-11H;2*2-5,7-9H,1H3;7-9,12H,5-6H2,1-4H3;3,6H,1-2H3;;;;/q6*-1;;;;;;. The van der Waals surface area contributed by atoms with E-state index in [0.717, 1.165) is 113 Å². The van der Waals surface area contributed by atoms with Crippen LogP contribution in [-0.2, 0) is 96.4 Å². The van der Waals surface area contributed by atoms with Crippen molar-refractivity contribution in [3.8, 4) is 89.8 Å². The number of hydrogen-bond donors (Lipinski definition) is 2. The number of para-hydroxylation sites is 1. The Morgan fingerprint density at radius 2 is 0.835 bits per heavy atom. The molecule has 2 N–H and O–H groups in total. The van der Waals surface area contributed by atoms with Gasteiger partial charge in [0.25, 0.3) is 0 Å². The molecular weight excluding hydrogens is 2350 g/mol. The van der Waals surface area contributed by atoms with Crippen molar-refractivity contribution in [3.05, 3.63) is 419 Å². The Kier molecular flexibility index (Phi) is 46.0. The number of ketones is 2. The number of aliphatic hydroxyl groups is 2. The summed E-state index contributed by atoms with van der Waals surface area (Å²) in [6, 6.07) is 110. The third-order valence-electron chi connectivity index (χ3n) is 20.0. The van der Waals surface area contributed by atoms with Crippen molar-refractivity contribution in [1.82, 2.24) is 29.9 Å². The first kappa shape index (κ1) is 110. The van der Waals surface area contributed by atoms with Gasteiger partial charge in [-0.3, -0.25) is 14.6 Å². The van der Waals surface area contributed by atoms with E-state index in [1.54, 1.807) is 6.20 Å². The van der Waals surface area contributed by atoms with Crippen molar-refractivity contribution in [2.45, 2.75) is 144 Å². The van der Waals surface area contributed by atoms with E-state index in [1.807, 2.05) is 200 Å². The molecule has 0 aliphatic heterocycles. The molecule has 0 atom stereocenters. The molecule has 0 bridgehead atoms. The van der Waals surface area contributed by atoms with Gasteiger partial charge in [0.15, 0.2) is 11.6 Å². The minimum absolute atomic E-state index is 0. The Bertz CT molecular complexity index is 6350. The number of pyridine rings is 6. The zero-order chi connectivity index (χ0) is 92.5. The summed E-state index contributed by atoms with van der Waals surface area (Å²) in [6.45, 7) is 36.4.